The highest BCUT2D eigenvalue weighted by Gasteiger charge is 2.25. The van der Waals surface area contributed by atoms with E-state index in [-0.39, 0.29) is 5.91 Å². The fourth-order valence-corrected chi connectivity index (χ4v) is 4.30. The van der Waals surface area contributed by atoms with Gasteiger partial charge in [0.1, 0.15) is 22.3 Å². The van der Waals surface area contributed by atoms with Gasteiger partial charge in [-0.25, -0.2) is 15.0 Å². The summed E-state index contributed by atoms with van der Waals surface area (Å²) in [5.41, 5.74) is 3.77. The van der Waals surface area contributed by atoms with Crippen molar-refractivity contribution >= 4 is 23.1 Å². The Hall–Kier alpha value is -2.80. The molecule has 0 radical (unpaired) electrons. The van der Waals surface area contributed by atoms with Crippen LogP contribution in [0.1, 0.15) is 47.3 Å². The molecule has 1 fully saturated rings. The van der Waals surface area contributed by atoms with Gasteiger partial charge in [0.05, 0.1) is 0 Å². The normalized spacial score (nSPS) is 14.4. The number of thiazole rings is 1. The summed E-state index contributed by atoms with van der Waals surface area (Å²) in [6.45, 7) is 11.1. The minimum Gasteiger partial charge on any atom is -0.353 e. The first-order valence-electron chi connectivity index (χ1n) is 10.3. The van der Waals surface area contributed by atoms with E-state index in [2.05, 4.69) is 59.9 Å². The largest absolute Gasteiger partial charge is 0.353 e. The van der Waals surface area contributed by atoms with Crippen LogP contribution in [0, 0.1) is 13.8 Å². The molecule has 3 aromatic rings. The number of rotatable bonds is 4. The number of benzene rings is 1. The van der Waals surface area contributed by atoms with E-state index in [0.717, 1.165) is 41.0 Å². The van der Waals surface area contributed by atoms with Gasteiger partial charge in [-0.1, -0.05) is 43.7 Å². The molecule has 0 bridgehead atoms. The zero-order valence-corrected chi connectivity index (χ0v) is 18.7. The number of hydrogen-bond donors (Lipinski definition) is 0. The summed E-state index contributed by atoms with van der Waals surface area (Å²) >= 11 is 1.52. The van der Waals surface area contributed by atoms with Crippen molar-refractivity contribution in [3.05, 3.63) is 58.5 Å². The summed E-state index contributed by atoms with van der Waals surface area (Å²) in [6, 6.07) is 10.3. The standard InChI is InChI=1S/C23H27N5OS/c1-15(2)21-24-17(4)13-20(26-21)27-9-11-28(12-10-27)23(29)19-14-30-22(25-19)18-7-5-16(3)6-8-18/h5-8,13-15H,9-12H2,1-4H3. The molecule has 0 atom stereocenters. The lowest BCUT2D eigenvalue weighted by Crippen LogP contribution is -2.49. The highest BCUT2D eigenvalue weighted by molar-refractivity contribution is 7.13. The molecule has 1 aliphatic rings. The zero-order valence-electron chi connectivity index (χ0n) is 17.9. The maximum Gasteiger partial charge on any atom is 0.273 e. The molecular formula is C23H27N5OS. The lowest BCUT2D eigenvalue weighted by molar-refractivity contribution is 0.0741. The monoisotopic (exact) mass is 421 g/mol. The molecular weight excluding hydrogens is 394 g/mol. The van der Waals surface area contributed by atoms with Crippen molar-refractivity contribution in [2.24, 2.45) is 0 Å². The van der Waals surface area contributed by atoms with Gasteiger partial charge in [-0.3, -0.25) is 4.79 Å². The molecule has 7 heteroatoms. The molecule has 6 nitrogen and oxygen atoms in total. The van der Waals surface area contributed by atoms with Crippen molar-refractivity contribution in [1.29, 1.82) is 0 Å². The lowest BCUT2D eigenvalue weighted by Gasteiger charge is -2.35. The molecule has 0 N–H and O–H groups in total. The molecule has 0 aliphatic carbocycles. The maximum absolute atomic E-state index is 13.0. The van der Waals surface area contributed by atoms with Crippen LogP contribution in [0.2, 0.25) is 0 Å². The summed E-state index contributed by atoms with van der Waals surface area (Å²) in [5.74, 6) is 2.12. The second kappa shape index (κ2) is 8.52. The Morgan fingerprint density at radius 3 is 2.37 bits per heavy atom. The molecule has 1 amide bonds. The van der Waals surface area contributed by atoms with Gasteiger partial charge in [0.25, 0.3) is 5.91 Å². The fraction of sp³-hybridized carbons (Fsp3) is 0.391. The number of carbonyl (C=O) groups is 1. The third-order valence-corrected chi connectivity index (χ3v) is 6.18. The summed E-state index contributed by atoms with van der Waals surface area (Å²) in [4.78, 5) is 31.0. The number of aryl methyl sites for hydroxylation is 2. The molecule has 1 aliphatic heterocycles. The van der Waals surface area contributed by atoms with E-state index in [0.29, 0.717) is 24.7 Å². The Morgan fingerprint density at radius 2 is 1.70 bits per heavy atom. The molecule has 0 spiro atoms. The Kier molecular flexibility index (Phi) is 5.81. The number of hydrogen-bond acceptors (Lipinski definition) is 6. The first-order valence-corrected chi connectivity index (χ1v) is 11.2. The summed E-state index contributed by atoms with van der Waals surface area (Å²) < 4.78 is 0. The van der Waals surface area contributed by atoms with Crippen LogP contribution in [0.15, 0.2) is 35.7 Å². The number of nitrogens with zero attached hydrogens (tertiary/aromatic N) is 5. The Balaban J connectivity index is 1.42. The average Bonchev–Trinajstić information content (AvgIpc) is 3.23. The van der Waals surface area contributed by atoms with Crippen molar-refractivity contribution in [2.75, 3.05) is 31.1 Å². The maximum atomic E-state index is 13.0. The Labute approximate surface area is 181 Å². The van der Waals surface area contributed by atoms with Gasteiger partial charge >= 0.3 is 0 Å². The van der Waals surface area contributed by atoms with Crippen LogP contribution in [0.25, 0.3) is 10.6 Å². The van der Waals surface area contributed by atoms with E-state index in [1.165, 1.54) is 16.9 Å². The van der Waals surface area contributed by atoms with Crippen LogP contribution in [0.4, 0.5) is 5.82 Å². The SMILES string of the molecule is Cc1ccc(-c2nc(C(=O)N3CCN(c4cc(C)nc(C(C)C)n4)CC3)cs2)cc1. The van der Waals surface area contributed by atoms with E-state index in [1.807, 2.05) is 23.3 Å². The predicted octanol–water partition coefficient (Wildman–Crippen LogP) is 4.30. The van der Waals surface area contributed by atoms with E-state index in [4.69, 9.17) is 4.98 Å². The van der Waals surface area contributed by atoms with E-state index in [9.17, 15) is 4.79 Å². The van der Waals surface area contributed by atoms with Crippen LogP contribution in [0.5, 0.6) is 0 Å². The van der Waals surface area contributed by atoms with Crippen LogP contribution in [0.3, 0.4) is 0 Å². The van der Waals surface area contributed by atoms with E-state index >= 15 is 0 Å². The van der Waals surface area contributed by atoms with Crippen molar-refractivity contribution < 1.29 is 4.79 Å². The number of anilines is 1. The first-order chi connectivity index (χ1) is 14.4. The van der Waals surface area contributed by atoms with Crippen molar-refractivity contribution in [3.8, 4) is 10.6 Å². The number of carbonyl (C=O) groups excluding carboxylic acids is 1. The van der Waals surface area contributed by atoms with Crippen molar-refractivity contribution in [1.82, 2.24) is 19.9 Å². The Morgan fingerprint density at radius 1 is 1.00 bits per heavy atom. The van der Waals surface area contributed by atoms with Gasteiger partial charge in [-0.15, -0.1) is 11.3 Å². The predicted molar refractivity (Wildman–Crippen MR) is 121 cm³/mol. The molecule has 1 saturated heterocycles. The fourth-order valence-electron chi connectivity index (χ4n) is 3.50. The molecule has 0 saturated carbocycles. The van der Waals surface area contributed by atoms with Gasteiger partial charge < -0.3 is 9.80 Å². The molecule has 1 aromatic carbocycles. The summed E-state index contributed by atoms with van der Waals surface area (Å²) in [5, 5.41) is 2.75. The van der Waals surface area contributed by atoms with Crippen LogP contribution < -0.4 is 4.90 Å². The third-order valence-electron chi connectivity index (χ3n) is 5.29. The van der Waals surface area contributed by atoms with E-state index < -0.39 is 0 Å². The number of amides is 1. The topological polar surface area (TPSA) is 62.2 Å². The highest BCUT2D eigenvalue weighted by Crippen LogP contribution is 2.25. The van der Waals surface area contributed by atoms with Gasteiger partial charge in [0.2, 0.25) is 0 Å². The zero-order chi connectivity index (χ0) is 21.3. The van der Waals surface area contributed by atoms with Gasteiger partial charge in [-0.2, -0.15) is 0 Å². The minimum absolute atomic E-state index is 0.00555. The first kappa shape index (κ1) is 20.5. The summed E-state index contributed by atoms with van der Waals surface area (Å²) in [6.07, 6.45) is 0. The lowest BCUT2D eigenvalue weighted by atomic mass is 10.2. The van der Waals surface area contributed by atoms with Gasteiger partial charge in [0.15, 0.2) is 0 Å². The minimum atomic E-state index is 0.00555. The second-order valence-corrected chi connectivity index (χ2v) is 8.92. The quantitative estimate of drug-likeness (QED) is 0.628. The van der Waals surface area contributed by atoms with E-state index in [1.54, 1.807) is 0 Å². The van der Waals surface area contributed by atoms with Gasteiger partial charge in [-0.05, 0) is 13.8 Å². The van der Waals surface area contributed by atoms with Crippen LogP contribution >= 0.6 is 11.3 Å². The molecule has 3 heterocycles. The Bertz CT molecular complexity index is 1040. The molecule has 0 unspecified atom stereocenters. The third kappa shape index (κ3) is 4.36. The van der Waals surface area contributed by atoms with Crippen LogP contribution in [-0.4, -0.2) is 51.9 Å². The molecule has 4 rings (SSSR count). The summed E-state index contributed by atoms with van der Waals surface area (Å²) in [7, 11) is 0. The highest BCUT2D eigenvalue weighted by atomic mass is 32.1. The van der Waals surface area contributed by atoms with Crippen LogP contribution in [-0.2, 0) is 0 Å². The molecule has 156 valence electrons. The van der Waals surface area contributed by atoms with Crippen molar-refractivity contribution in [3.63, 3.8) is 0 Å². The van der Waals surface area contributed by atoms with Gasteiger partial charge in [0, 0.05) is 54.8 Å². The van der Waals surface area contributed by atoms with Crippen molar-refractivity contribution in [2.45, 2.75) is 33.6 Å². The number of aromatic nitrogens is 3. The number of piperazine rings is 1. The smallest absolute Gasteiger partial charge is 0.273 e. The second-order valence-electron chi connectivity index (χ2n) is 8.06. The molecule has 2 aromatic heterocycles. The molecule has 30 heavy (non-hydrogen) atoms. The average molecular weight is 422 g/mol.